The molecule has 0 saturated carbocycles. The van der Waals surface area contributed by atoms with Crippen LogP contribution in [0.2, 0.25) is 0 Å². The van der Waals surface area contributed by atoms with Crippen LogP contribution in [0.15, 0.2) is 18.2 Å². The van der Waals surface area contributed by atoms with Crippen molar-refractivity contribution in [2.75, 3.05) is 0 Å². The van der Waals surface area contributed by atoms with Crippen molar-refractivity contribution >= 4 is 12.6 Å². The molecule has 0 aliphatic heterocycles. The molecule has 70 valence electrons. The maximum Gasteiger partial charge on any atom is 0.488 e. The van der Waals surface area contributed by atoms with Crippen LogP contribution in [-0.4, -0.2) is 17.2 Å². The van der Waals surface area contributed by atoms with E-state index in [1.54, 1.807) is 0 Å². The summed E-state index contributed by atoms with van der Waals surface area (Å²) in [5, 5.41) is 17.2. The first-order chi connectivity index (χ1) is 6.00. The molecule has 0 fully saturated rings. The fourth-order valence-corrected chi connectivity index (χ4v) is 0.911. The van der Waals surface area contributed by atoms with Crippen molar-refractivity contribution in [2.45, 2.75) is 6.43 Å². The van der Waals surface area contributed by atoms with Gasteiger partial charge in [0, 0.05) is 5.56 Å². The van der Waals surface area contributed by atoms with E-state index in [-0.39, 0.29) is 5.46 Å². The lowest BCUT2D eigenvalue weighted by atomic mass is 9.79. The van der Waals surface area contributed by atoms with E-state index in [1.807, 2.05) is 0 Å². The van der Waals surface area contributed by atoms with Gasteiger partial charge in [-0.05, 0) is 17.6 Å². The lowest BCUT2D eigenvalue weighted by Gasteiger charge is -2.03. The summed E-state index contributed by atoms with van der Waals surface area (Å²) in [7, 11) is -1.94. The van der Waals surface area contributed by atoms with Crippen LogP contribution in [0, 0.1) is 5.82 Å². The van der Waals surface area contributed by atoms with Crippen molar-refractivity contribution < 1.29 is 23.2 Å². The molecule has 1 aromatic rings. The Kier molecular flexibility index (Phi) is 2.95. The third-order valence-corrected chi connectivity index (χ3v) is 1.49. The molecule has 13 heavy (non-hydrogen) atoms. The Morgan fingerprint density at radius 2 is 1.77 bits per heavy atom. The van der Waals surface area contributed by atoms with Crippen molar-refractivity contribution in [3.8, 4) is 0 Å². The molecule has 1 aromatic carbocycles. The Balaban J connectivity index is 3.11. The third kappa shape index (κ3) is 2.47. The van der Waals surface area contributed by atoms with Crippen molar-refractivity contribution in [1.82, 2.24) is 0 Å². The molecule has 6 heteroatoms. The van der Waals surface area contributed by atoms with E-state index >= 15 is 0 Å². The molecule has 0 unspecified atom stereocenters. The number of hydrogen-bond acceptors (Lipinski definition) is 2. The van der Waals surface area contributed by atoms with Crippen LogP contribution >= 0.6 is 0 Å². The lowest BCUT2D eigenvalue weighted by molar-refractivity contribution is 0.151. The molecule has 0 bridgehead atoms. The second kappa shape index (κ2) is 3.80. The van der Waals surface area contributed by atoms with E-state index in [4.69, 9.17) is 10.0 Å². The van der Waals surface area contributed by atoms with Crippen LogP contribution in [0.25, 0.3) is 0 Å². The van der Waals surface area contributed by atoms with E-state index in [0.29, 0.717) is 6.07 Å². The molecule has 0 aliphatic carbocycles. The van der Waals surface area contributed by atoms with Gasteiger partial charge in [0.2, 0.25) is 0 Å². The van der Waals surface area contributed by atoms with Gasteiger partial charge < -0.3 is 10.0 Å². The summed E-state index contributed by atoms with van der Waals surface area (Å²) in [5.41, 5.74) is -0.849. The topological polar surface area (TPSA) is 40.5 Å². The lowest BCUT2D eigenvalue weighted by Crippen LogP contribution is -2.30. The van der Waals surface area contributed by atoms with Crippen LogP contribution in [0.4, 0.5) is 13.2 Å². The van der Waals surface area contributed by atoms with Crippen molar-refractivity contribution in [1.29, 1.82) is 0 Å². The van der Waals surface area contributed by atoms with E-state index < -0.39 is 24.9 Å². The number of hydrogen-bond donors (Lipinski definition) is 2. The Morgan fingerprint density at radius 3 is 2.23 bits per heavy atom. The molecule has 0 aromatic heterocycles. The van der Waals surface area contributed by atoms with Gasteiger partial charge in [-0.25, -0.2) is 13.2 Å². The Hall–Kier alpha value is -1.01. The van der Waals surface area contributed by atoms with Crippen molar-refractivity contribution in [2.24, 2.45) is 0 Å². The fourth-order valence-electron chi connectivity index (χ4n) is 0.911. The normalized spacial score (nSPS) is 10.6. The summed E-state index contributed by atoms with van der Waals surface area (Å²) in [6, 6.07) is 2.28. The zero-order valence-corrected chi connectivity index (χ0v) is 6.42. The average molecular weight is 190 g/mol. The number of benzene rings is 1. The van der Waals surface area contributed by atoms with E-state index in [1.165, 1.54) is 0 Å². The van der Waals surface area contributed by atoms with Gasteiger partial charge in [0.1, 0.15) is 5.82 Å². The van der Waals surface area contributed by atoms with Gasteiger partial charge in [0.15, 0.2) is 0 Å². The Labute approximate surface area is 72.8 Å². The molecule has 2 nitrogen and oxygen atoms in total. The molecular formula is C7H6BF3O2. The standard InChI is InChI=1S/C7H6BF3O2/c9-6-2-4(7(10)11)1-5(3-6)8(12)13/h1-3,7,12-13H. The first-order valence-electron chi connectivity index (χ1n) is 3.45. The molecule has 0 spiro atoms. The SMILES string of the molecule is OB(O)c1cc(F)cc(C(F)F)c1. The van der Waals surface area contributed by atoms with Gasteiger partial charge >= 0.3 is 7.12 Å². The van der Waals surface area contributed by atoms with E-state index in [2.05, 4.69) is 0 Å². The second-order valence-electron chi connectivity index (χ2n) is 2.49. The highest BCUT2D eigenvalue weighted by atomic mass is 19.3. The first kappa shape index (κ1) is 10.1. The van der Waals surface area contributed by atoms with Crippen LogP contribution in [0.1, 0.15) is 12.0 Å². The van der Waals surface area contributed by atoms with Crippen LogP contribution in [-0.2, 0) is 0 Å². The largest absolute Gasteiger partial charge is 0.488 e. The third-order valence-electron chi connectivity index (χ3n) is 1.49. The zero-order chi connectivity index (χ0) is 10.0. The molecule has 1 rings (SSSR count). The monoisotopic (exact) mass is 190 g/mol. The van der Waals surface area contributed by atoms with Crippen molar-refractivity contribution in [3.63, 3.8) is 0 Å². The first-order valence-corrected chi connectivity index (χ1v) is 3.45. The van der Waals surface area contributed by atoms with E-state index in [9.17, 15) is 13.2 Å². The van der Waals surface area contributed by atoms with Crippen molar-refractivity contribution in [3.05, 3.63) is 29.6 Å². The van der Waals surface area contributed by atoms with Gasteiger partial charge in [-0.2, -0.15) is 0 Å². The summed E-state index contributed by atoms with van der Waals surface area (Å²) >= 11 is 0. The van der Waals surface area contributed by atoms with Gasteiger partial charge in [0.05, 0.1) is 0 Å². The van der Waals surface area contributed by atoms with Gasteiger partial charge in [-0.3, -0.25) is 0 Å². The Morgan fingerprint density at radius 1 is 1.15 bits per heavy atom. The minimum Gasteiger partial charge on any atom is -0.423 e. The van der Waals surface area contributed by atoms with E-state index in [0.717, 1.165) is 12.1 Å². The molecule has 0 amide bonds. The fraction of sp³-hybridized carbons (Fsp3) is 0.143. The minimum atomic E-state index is -2.83. The minimum absolute atomic E-state index is 0.282. The number of halogens is 3. The quantitative estimate of drug-likeness (QED) is 0.664. The maximum atomic E-state index is 12.6. The second-order valence-corrected chi connectivity index (χ2v) is 2.49. The molecule has 0 atom stereocenters. The molecular weight excluding hydrogens is 184 g/mol. The molecule has 2 N–H and O–H groups in total. The maximum absolute atomic E-state index is 12.6. The van der Waals surface area contributed by atoms with Crippen LogP contribution in [0.5, 0.6) is 0 Å². The molecule has 0 saturated heterocycles. The zero-order valence-electron chi connectivity index (χ0n) is 6.42. The summed E-state index contributed by atoms with van der Waals surface area (Å²) in [4.78, 5) is 0. The predicted octanol–water partition coefficient (Wildman–Crippen LogP) is 0.443. The summed E-state index contributed by atoms with van der Waals surface area (Å²) < 4.78 is 36.7. The van der Waals surface area contributed by atoms with Crippen LogP contribution < -0.4 is 5.46 Å². The highest BCUT2D eigenvalue weighted by Gasteiger charge is 2.16. The summed E-state index contributed by atoms with van der Waals surface area (Å²) in [5.74, 6) is -0.916. The van der Waals surface area contributed by atoms with Gasteiger partial charge in [-0.1, -0.05) is 6.07 Å². The number of alkyl halides is 2. The highest BCUT2D eigenvalue weighted by molar-refractivity contribution is 6.58. The molecule has 0 radical (unpaired) electrons. The average Bonchev–Trinajstić information content (AvgIpc) is 2.03. The highest BCUT2D eigenvalue weighted by Crippen LogP contribution is 2.18. The predicted molar refractivity (Wildman–Crippen MR) is 41.2 cm³/mol. The number of rotatable bonds is 2. The molecule has 0 aliphatic rings. The molecule has 0 heterocycles. The van der Waals surface area contributed by atoms with Crippen LogP contribution in [0.3, 0.4) is 0 Å². The Bertz CT molecular complexity index is 278. The van der Waals surface area contributed by atoms with Gasteiger partial charge in [0.25, 0.3) is 6.43 Å². The van der Waals surface area contributed by atoms with Gasteiger partial charge in [-0.15, -0.1) is 0 Å². The smallest absolute Gasteiger partial charge is 0.423 e. The summed E-state index contributed by atoms with van der Waals surface area (Å²) in [6.07, 6.45) is -2.83. The summed E-state index contributed by atoms with van der Waals surface area (Å²) in [6.45, 7) is 0.